The van der Waals surface area contributed by atoms with Crippen LogP contribution in [0, 0.1) is 13.8 Å². The van der Waals surface area contributed by atoms with Gasteiger partial charge in [-0.2, -0.15) is 0 Å². The van der Waals surface area contributed by atoms with Crippen LogP contribution in [-0.2, 0) is 9.53 Å². The molecule has 3 aromatic carbocycles. The van der Waals surface area contributed by atoms with Crippen molar-refractivity contribution in [3.63, 3.8) is 0 Å². The number of aryl methyl sites for hydroxylation is 1. The third-order valence-electron chi connectivity index (χ3n) is 8.05. The van der Waals surface area contributed by atoms with Crippen LogP contribution in [0.25, 0.3) is 22.5 Å². The fourth-order valence-corrected chi connectivity index (χ4v) is 7.09. The normalized spacial score (nSPS) is 14.8. The molecule has 0 bridgehead atoms. The maximum atomic E-state index is 14.4. The molecule has 0 unspecified atom stereocenters. The number of allylic oxidation sites excluding steroid dienone is 1. The summed E-state index contributed by atoms with van der Waals surface area (Å²) in [4.78, 5) is 44.6. The second-order valence-corrected chi connectivity index (χ2v) is 11.7. The van der Waals surface area contributed by atoms with Gasteiger partial charge in [-0.25, -0.2) is 14.6 Å². The zero-order valence-electron chi connectivity index (χ0n) is 25.5. The molecule has 0 saturated carbocycles. The van der Waals surface area contributed by atoms with Gasteiger partial charge in [-0.15, -0.1) is 0 Å². The zero-order valence-corrected chi connectivity index (χ0v) is 26.3. The van der Waals surface area contributed by atoms with Crippen molar-refractivity contribution in [1.29, 1.82) is 0 Å². The lowest BCUT2D eigenvalue weighted by Crippen LogP contribution is -2.40. The van der Waals surface area contributed by atoms with E-state index < -0.39 is 18.0 Å². The van der Waals surface area contributed by atoms with Gasteiger partial charge in [-0.1, -0.05) is 47.7 Å². The Balaban J connectivity index is 1.59. The number of aromatic carboxylic acids is 1. The first kappa shape index (κ1) is 29.8. The van der Waals surface area contributed by atoms with Crippen molar-refractivity contribution in [3.05, 3.63) is 126 Å². The van der Waals surface area contributed by atoms with Crippen molar-refractivity contribution in [2.45, 2.75) is 33.7 Å². The van der Waals surface area contributed by atoms with Gasteiger partial charge in [0.1, 0.15) is 11.8 Å². The highest BCUT2D eigenvalue weighted by Crippen LogP contribution is 2.40. The molecule has 2 aromatic heterocycles. The van der Waals surface area contributed by atoms with Crippen molar-refractivity contribution in [2.24, 2.45) is 4.99 Å². The molecular weight excluding hydrogens is 590 g/mol. The number of hydrogen-bond donors (Lipinski definition) is 1. The summed E-state index contributed by atoms with van der Waals surface area (Å²) < 4.78 is 15.3. The molecule has 6 rings (SSSR count). The molecule has 9 nitrogen and oxygen atoms in total. The highest BCUT2D eigenvalue weighted by atomic mass is 32.1. The summed E-state index contributed by atoms with van der Waals surface area (Å²) >= 11 is 1.25. The summed E-state index contributed by atoms with van der Waals surface area (Å²) in [5.41, 5.74) is 4.56. The molecule has 0 radical (unpaired) electrons. The molecule has 0 fully saturated rings. The number of thiazole rings is 1. The number of carbonyl (C=O) groups is 2. The lowest BCUT2D eigenvalue weighted by Gasteiger charge is -2.27. The molecule has 10 heteroatoms. The summed E-state index contributed by atoms with van der Waals surface area (Å²) in [7, 11) is 1.57. The monoisotopic (exact) mass is 621 g/mol. The first-order valence-corrected chi connectivity index (χ1v) is 15.2. The standard InChI is InChI=1S/C35H31N3O6S/c1-6-44-34(42)29-20(3)36-35-38(31(29)30-26-13-8-7-10-22(26)14-15-27(30)43-5)32(39)28(45-35)18-24-16-19(2)37(21(24)4)25-12-9-11-23(17-25)33(40)41/h7-18,31H,6H2,1-5H3,(H,40,41)/b28-18-/t31-/m1/s1. The summed E-state index contributed by atoms with van der Waals surface area (Å²) in [6.07, 6.45) is 1.82. The Kier molecular flexibility index (Phi) is 7.76. The van der Waals surface area contributed by atoms with Gasteiger partial charge in [0.2, 0.25) is 0 Å². The Morgan fingerprint density at radius 1 is 1.04 bits per heavy atom. The van der Waals surface area contributed by atoms with Gasteiger partial charge in [0.25, 0.3) is 5.56 Å². The van der Waals surface area contributed by atoms with Crippen molar-refractivity contribution >= 4 is 40.1 Å². The van der Waals surface area contributed by atoms with Crippen LogP contribution in [-0.4, -0.2) is 39.9 Å². The molecule has 0 amide bonds. The van der Waals surface area contributed by atoms with E-state index >= 15 is 0 Å². The molecule has 3 heterocycles. The minimum absolute atomic E-state index is 0.171. The van der Waals surface area contributed by atoms with Crippen LogP contribution < -0.4 is 19.6 Å². The molecule has 1 atom stereocenters. The molecule has 1 N–H and O–H groups in total. The molecule has 5 aromatic rings. The number of carbonyl (C=O) groups excluding carboxylic acids is 1. The molecule has 228 valence electrons. The number of rotatable bonds is 7. The Hall–Kier alpha value is -5.22. The fourth-order valence-electron chi connectivity index (χ4n) is 6.05. The number of benzene rings is 3. The van der Waals surface area contributed by atoms with Crippen LogP contribution in [0.5, 0.6) is 5.75 Å². The molecule has 1 aliphatic heterocycles. The Morgan fingerprint density at radius 2 is 1.82 bits per heavy atom. The van der Waals surface area contributed by atoms with Gasteiger partial charge in [0.15, 0.2) is 4.80 Å². The van der Waals surface area contributed by atoms with E-state index in [-0.39, 0.29) is 23.3 Å². The Morgan fingerprint density at radius 3 is 2.56 bits per heavy atom. The average Bonchev–Trinajstić information content (AvgIpc) is 3.48. The summed E-state index contributed by atoms with van der Waals surface area (Å²) in [6, 6.07) is 19.4. The van der Waals surface area contributed by atoms with Crippen LogP contribution in [0.4, 0.5) is 0 Å². The number of esters is 1. The second-order valence-electron chi connectivity index (χ2n) is 10.7. The van der Waals surface area contributed by atoms with E-state index in [1.807, 2.05) is 73.0 Å². The average molecular weight is 622 g/mol. The van der Waals surface area contributed by atoms with Crippen molar-refractivity contribution in [3.8, 4) is 11.4 Å². The van der Waals surface area contributed by atoms with Crippen LogP contribution in [0.3, 0.4) is 0 Å². The van der Waals surface area contributed by atoms with E-state index in [0.29, 0.717) is 32.0 Å². The topological polar surface area (TPSA) is 112 Å². The van der Waals surface area contributed by atoms with Crippen LogP contribution in [0.1, 0.15) is 52.8 Å². The molecule has 45 heavy (non-hydrogen) atoms. The first-order chi connectivity index (χ1) is 21.6. The molecular formula is C35H31N3O6S. The van der Waals surface area contributed by atoms with E-state index in [9.17, 15) is 19.5 Å². The van der Waals surface area contributed by atoms with Gasteiger partial charge in [0, 0.05) is 22.6 Å². The van der Waals surface area contributed by atoms with E-state index in [1.165, 1.54) is 11.3 Å². The number of methoxy groups -OCH3 is 1. The number of carboxylic acid groups (broad SMARTS) is 1. The largest absolute Gasteiger partial charge is 0.496 e. The van der Waals surface area contributed by atoms with E-state index in [0.717, 1.165) is 27.7 Å². The Labute approximate surface area is 262 Å². The fraction of sp³-hybridized carbons (Fsp3) is 0.200. The molecule has 0 saturated heterocycles. The maximum absolute atomic E-state index is 14.4. The van der Waals surface area contributed by atoms with Crippen molar-refractivity contribution in [1.82, 2.24) is 9.13 Å². The minimum Gasteiger partial charge on any atom is -0.496 e. The zero-order chi connectivity index (χ0) is 32.0. The van der Waals surface area contributed by atoms with Gasteiger partial charge in [-0.3, -0.25) is 9.36 Å². The summed E-state index contributed by atoms with van der Waals surface area (Å²) in [6.45, 7) is 7.53. The predicted octanol–water partition coefficient (Wildman–Crippen LogP) is 5.07. The number of fused-ring (bicyclic) bond motifs is 2. The highest BCUT2D eigenvalue weighted by Gasteiger charge is 2.36. The Bertz CT molecular complexity index is 2240. The molecule has 0 aliphatic carbocycles. The van der Waals surface area contributed by atoms with Gasteiger partial charge >= 0.3 is 11.9 Å². The summed E-state index contributed by atoms with van der Waals surface area (Å²) in [5.74, 6) is -1.01. The summed E-state index contributed by atoms with van der Waals surface area (Å²) in [5, 5.41) is 11.3. The number of nitrogens with zero attached hydrogens (tertiary/aromatic N) is 3. The SMILES string of the molecule is CCOC(=O)C1=C(C)N=c2s/c(=C\c3cc(C)n(-c4cccc(C(=O)O)c4)c3C)c(=O)n2[C@H]1c1c(OC)ccc2ccccc12. The van der Waals surface area contributed by atoms with Crippen molar-refractivity contribution < 1.29 is 24.2 Å². The number of aromatic nitrogens is 2. The van der Waals surface area contributed by atoms with Gasteiger partial charge < -0.3 is 19.1 Å². The third kappa shape index (κ3) is 5.06. The van der Waals surface area contributed by atoms with Crippen LogP contribution in [0.15, 0.2) is 87.8 Å². The smallest absolute Gasteiger partial charge is 0.338 e. The van der Waals surface area contributed by atoms with E-state index in [2.05, 4.69) is 0 Å². The van der Waals surface area contributed by atoms with E-state index in [1.54, 1.807) is 43.7 Å². The van der Waals surface area contributed by atoms with Crippen LogP contribution >= 0.6 is 11.3 Å². The predicted molar refractivity (Wildman–Crippen MR) is 173 cm³/mol. The quantitative estimate of drug-likeness (QED) is 0.254. The van der Waals surface area contributed by atoms with Gasteiger partial charge in [-0.05, 0) is 80.4 Å². The van der Waals surface area contributed by atoms with Crippen LogP contribution in [0.2, 0.25) is 0 Å². The lowest BCUT2D eigenvalue weighted by molar-refractivity contribution is -0.139. The number of hydrogen-bond acceptors (Lipinski definition) is 7. The van der Waals surface area contributed by atoms with E-state index in [4.69, 9.17) is 14.5 Å². The third-order valence-corrected chi connectivity index (χ3v) is 9.03. The van der Waals surface area contributed by atoms with Crippen molar-refractivity contribution in [2.75, 3.05) is 13.7 Å². The van der Waals surface area contributed by atoms with Gasteiger partial charge in [0.05, 0.1) is 35.1 Å². The lowest BCUT2D eigenvalue weighted by atomic mass is 9.90. The number of carboxylic acids is 1. The number of ether oxygens (including phenoxy) is 2. The highest BCUT2D eigenvalue weighted by molar-refractivity contribution is 7.07. The second kappa shape index (κ2) is 11.7. The molecule has 0 spiro atoms. The first-order valence-electron chi connectivity index (χ1n) is 14.4. The molecule has 1 aliphatic rings. The minimum atomic E-state index is -1.00. The maximum Gasteiger partial charge on any atom is 0.338 e.